The zero-order chi connectivity index (χ0) is 22.2. The van der Waals surface area contributed by atoms with Gasteiger partial charge in [0.25, 0.3) is 5.91 Å². The standard InChI is InChI=1S/C23H27N5O3/c1-4-27(5-2)14-15-31-23(30)18-9-11-19(12-10-18)26-22(29)20-16-25-28(17(20)3)21-8-6-7-13-24-21/h6-13,16H,4-5,14-15H2,1-3H3,(H,26,29). The van der Waals surface area contributed by atoms with E-state index in [0.29, 0.717) is 41.5 Å². The van der Waals surface area contributed by atoms with Crippen molar-refractivity contribution in [3.63, 3.8) is 0 Å². The molecule has 0 aliphatic heterocycles. The van der Waals surface area contributed by atoms with Gasteiger partial charge in [-0.1, -0.05) is 19.9 Å². The van der Waals surface area contributed by atoms with Crippen molar-refractivity contribution < 1.29 is 14.3 Å². The second-order valence-electron chi connectivity index (χ2n) is 6.94. The number of likely N-dealkylation sites (N-methyl/N-ethyl adjacent to an activating group) is 1. The first-order valence-electron chi connectivity index (χ1n) is 10.3. The number of hydrogen-bond donors (Lipinski definition) is 1. The summed E-state index contributed by atoms with van der Waals surface area (Å²) < 4.78 is 6.95. The molecule has 8 heteroatoms. The molecular formula is C23H27N5O3. The van der Waals surface area contributed by atoms with Crippen LogP contribution < -0.4 is 5.32 Å². The first-order chi connectivity index (χ1) is 15.0. The van der Waals surface area contributed by atoms with Crippen LogP contribution in [0.25, 0.3) is 5.82 Å². The number of nitrogens with zero attached hydrogens (tertiary/aromatic N) is 4. The molecule has 0 radical (unpaired) electrons. The van der Waals surface area contributed by atoms with Crippen LogP contribution in [0.2, 0.25) is 0 Å². The molecule has 8 nitrogen and oxygen atoms in total. The van der Waals surface area contributed by atoms with E-state index >= 15 is 0 Å². The van der Waals surface area contributed by atoms with Gasteiger partial charge in [-0.2, -0.15) is 5.10 Å². The third kappa shape index (κ3) is 5.55. The molecule has 0 bridgehead atoms. The monoisotopic (exact) mass is 421 g/mol. The smallest absolute Gasteiger partial charge is 0.338 e. The van der Waals surface area contributed by atoms with Gasteiger partial charge in [0.15, 0.2) is 5.82 Å². The Morgan fingerprint density at radius 1 is 1.10 bits per heavy atom. The number of ether oxygens (including phenoxy) is 1. The summed E-state index contributed by atoms with van der Waals surface area (Å²) in [4.78, 5) is 31.3. The lowest BCUT2D eigenvalue weighted by atomic mass is 10.2. The van der Waals surface area contributed by atoms with Crippen LogP contribution in [0.4, 0.5) is 5.69 Å². The fourth-order valence-corrected chi connectivity index (χ4v) is 3.12. The number of hydrogen-bond acceptors (Lipinski definition) is 6. The molecule has 2 heterocycles. The molecule has 3 aromatic rings. The largest absolute Gasteiger partial charge is 0.461 e. The summed E-state index contributed by atoms with van der Waals surface area (Å²) in [7, 11) is 0. The first kappa shape index (κ1) is 22.2. The van der Waals surface area contributed by atoms with Gasteiger partial charge in [0.2, 0.25) is 0 Å². The Labute approximate surface area is 181 Å². The molecule has 0 aliphatic carbocycles. The van der Waals surface area contributed by atoms with Gasteiger partial charge in [0, 0.05) is 18.4 Å². The molecule has 0 saturated heterocycles. The molecule has 0 unspecified atom stereocenters. The molecule has 0 spiro atoms. The molecule has 0 fully saturated rings. The van der Waals surface area contributed by atoms with E-state index in [1.807, 2.05) is 25.1 Å². The van der Waals surface area contributed by atoms with Crippen LogP contribution in [0.5, 0.6) is 0 Å². The Hall–Kier alpha value is -3.52. The van der Waals surface area contributed by atoms with E-state index in [4.69, 9.17) is 4.74 Å². The van der Waals surface area contributed by atoms with E-state index in [9.17, 15) is 9.59 Å². The molecular weight excluding hydrogens is 394 g/mol. The minimum Gasteiger partial charge on any atom is -0.461 e. The zero-order valence-electron chi connectivity index (χ0n) is 18.0. The minimum atomic E-state index is -0.377. The van der Waals surface area contributed by atoms with Crippen molar-refractivity contribution in [1.82, 2.24) is 19.7 Å². The highest BCUT2D eigenvalue weighted by atomic mass is 16.5. The Kier molecular flexibility index (Phi) is 7.50. The number of carbonyl (C=O) groups is 2. The van der Waals surface area contributed by atoms with E-state index in [0.717, 1.165) is 13.1 Å². The van der Waals surface area contributed by atoms with Gasteiger partial charge in [-0.15, -0.1) is 0 Å². The summed E-state index contributed by atoms with van der Waals surface area (Å²) in [5.74, 6) is -0.0188. The Balaban J connectivity index is 1.59. The predicted octanol–water partition coefficient (Wildman–Crippen LogP) is 3.33. The van der Waals surface area contributed by atoms with Gasteiger partial charge < -0.3 is 15.0 Å². The molecule has 0 atom stereocenters. The van der Waals surface area contributed by atoms with Crippen molar-refractivity contribution in [3.05, 3.63) is 71.7 Å². The number of pyridine rings is 1. The Morgan fingerprint density at radius 3 is 2.48 bits per heavy atom. The van der Waals surface area contributed by atoms with E-state index in [1.165, 1.54) is 6.20 Å². The molecule has 0 saturated carbocycles. The first-order valence-corrected chi connectivity index (χ1v) is 10.3. The van der Waals surface area contributed by atoms with Gasteiger partial charge in [0.05, 0.1) is 23.0 Å². The van der Waals surface area contributed by atoms with Gasteiger partial charge >= 0.3 is 5.97 Å². The van der Waals surface area contributed by atoms with Crippen LogP contribution >= 0.6 is 0 Å². The minimum absolute atomic E-state index is 0.283. The van der Waals surface area contributed by atoms with E-state index in [-0.39, 0.29) is 11.9 Å². The normalized spacial score (nSPS) is 10.8. The van der Waals surface area contributed by atoms with Crippen molar-refractivity contribution in [2.45, 2.75) is 20.8 Å². The maximum Gasteiger partial charge on any atom is 0.338 e. The predicted molar refractivity (Wildman–Crippen MR) is 119 cm³/mol. The fraction of sp³-hybridized carbons (Fsp3) is 0.304. The molecule has 2 aromatic heterocycles. The summed E-state index contributed by atoms with van der Waals surface area (Å²) in [5.41, 5.74) is 2.15. The maximum absolute atomic E-state index is 12.7. The number of benzene rings is 1. The Morgan fingerprint density at radius 2 is 1.84 bits per heavy atom. The highest BCUT2D eigenvalue weighted by Gasteiger charge is 2.16. The number of aromatic nitrogens is 3. The highest BCUT2D eigenvalue weighted by Crippen LogP contribution is 2.16. The van der Waals surface area contributed by atoms with Crippen molar-refractivity contribution in [2.75, 3.05) is 31.6 Å². The summed E-state index contributed by atoms with van der Waals surface area (Å²) in [6.45, 7) is 8.85. The highest BCUT2D eigenvalue weighted by molar-refractivity contribution is 6.05. The third-order valence-corrected chi connectivity index (χ3v) is 5.03. The van der Waals surface area contributed by atoms with E-state index in [2.05, 4.69) is 34.1 Å². The number of anilines is 1. The topological polar surface area (TPSA) is 89.4 Å². The van der Waals surface area contributed by atoms with Crippen molar-refractivity contribution in [1.29, 1.82) is 0 Å². The second kappa shape index (κ2) is 10.5. The molecule has 0 aliphatic rings. The van der Waals surface area contributed by atoms with E-state index < -0.39 is 0 Å². The number of nitrogens with one attached hydrogen (secondary N) is 1. The van der Waals surface area contributed by atoms with Crippen LogP contribution in [-0.2, 0) is 4.74 Å². The quantitative estimate of drug-likeness (QED) is 0.533. The van der Waals surface area contributed by atoms with Crippen LogP contribution in [-0.4, -0.2) is 57.8 Å². The van der Waals surface area contributed by atoms with Gasteiger partial charge in [-0.05, 0) is 56.4 Å². The van der Waals surface area contributed by atoms with Gasteiger partial charge in [-0.3, -0.25) is 4.79 Å². The molecule has 162 valence electrons. The summed E-state index contributed by atoms with van der Waals surface area (Å²) >= 11 is 0. The number of rotatable bonds is 9. The molecule has 3 rings (SSSR count). The van der Waals surface area contributed by atoms with Gasteiger partial charge in [-0.25, -0.2) is 14.5 Å². The summed E-state index contributed by atoms with van der Waals surface area (Å²) in [6.07, 6.45) is 3.19. The van der Waals surface area contributed by atoms with Crippen LogP contribution in [0, 0.1) is 6.92 Å². The average Bonchev–Trinajstić information content (AvgIpc) is 3.19. The molecule has 1 aromatic carbocycles. The average molecular weight is 422 g/mol. The maximum atomic E-state index is 12.7. The van der Waals surface area contributed by atoms with Crippen molar-refractivity contribution in [2.24, 2.45) is 0 Å². The van der Waals surface area contributed by atoms with Crippen LogP contribution in [0.3, 0.4) is 0 Å². The summed E-state index contributed by atoms with van der Waals surface area (Å²) in [6, 6.07) is 12.1. The third-order valence-electron chi connectivity index (χ3n) is 5.03. The van der Waals surface area contributed by atoms with Crippen LogP contribution in [0.1, 0.15) is 40.3 Å². The molecule has 1 N–H and O–H groups in total. The molecule has 31 heavy (non-hydrogen) atoms. The van der Waals surface area contributed by atoms with Gasteiger partial charge in [0.1, 0.15) is 6.61 Å². The number of carbonyl (C=O) groups excluding carboxylic acids is 2. The Bertz CT molecular complexity index is 1010. The fourth-order valence-electron chi connectivity index (χ4n) is 3.12. The lowest BCUT2D eigenvalue weighted by Gasteiger charge is -2.17. The van der Waals surface area contributed by atoms with E-state index in [1.54, 1.807) is 35.1 Å². The van der Waals surface area contributed by atoms with Crippen LogP contribution in [0.15, 0.2) is 54.9 Å². The number of amides is 1. The van der Waals surface area contributed by atoms with Crippen molar-refractivity contribution >= 4 is 17.6 Å². The van der Waals surface area contributed by atoms with Crippen molar-refractivity contribution in [3.8, 4) is 5.82 Å². The lowest BCUT2D eigenvalue weighted by molar-refractivity contribution is 0.0466. The zero-order valence-corrected chi connectivity index (χ0v) is 18.0. The molecule has 1 amide bonds. The number of esters is 1. The summed E-state index contributed by atoms with van der Waals surface area (Å²) in [5, 5.41) is 7.10. The second-order valence-corrected chi connectivity index (χ2v) is 6.94. The lowest BCUT2D eigenvalue weighted by Crippen LogP contribution is -2.27. The SMILES string of the molecule is CCN(CC)CCOC(=O)c1ccc(NC(=O)c2cnn(-c3ccccn3)c2C)cc1.